The number of benzene rings is 1. The third-order valence-electron chi connectivity index (χ3n) is 9.06. The van der Waals surface area contributed by atoms with Gasteiger partial charge < -0.3 is 21.1 Å². The lowest BCUT2D eigenvalue weighted by Crippen LogP contribution is -2.46. The predicted octanol–water partition coefficient (Wildman–Crippen LogP) is 8.15. The maximum absolute atomic E-state index is 13.4. The highest BCUT2D eigenvalue weighted by Gasteiger charge is 2.39. The lowest BCUT2D eigenvalue weighted by molar-refractivity contribution is -0.131. The summed E-state index contributed by atoms with van der Waals surface area (Å²) in [5, 5.41) is 15.3. The minimum absolute atomic E-state index is 0.0149. The number of amides is 2. The summed E-state index contributed by atoms with van der Waals surface area (Å²) in [6, 6.07) is 8.71. The number of carbonyl (C=O) groups excluding carboxylic acids is 2. The molecule has 0 radical (unpaired) electrons. The van der Waals surface area contributed by atoms with E-state index in [0.717, 1.165) is 6.42 Å². The maximum atomic E-state index is 13.4. The molecule has 0 aliphatic carbocycles. The molecule has 0 heterocycles. The van der Waals surface area contributed by atoms with Gasteiger partial charge in [-0.25, -0.2) is 0 Å². The molecule has 1 rings (SSSR count). The number of carbonyl (C=O) groups is 2. The highest BCUT2D eigenvalue weighted by atomic mass is 16.5. The third-order valence-corrected chi connectivity index (χ3v) is 9.06. The van der Waals surface area contributed by atoms with Gasteiger partial charge in [0, 0.05) is 29.5 Å². The standard InChI is InChI=1S/C39H68N4O3/c1-32(2,21-38(13,14)41)25-42-30(44)36(9,10)23-34(5,6)28-17-19-29(20-18-28)35(7,8)24-37(11,12)31(45)43-26-33(3,4)22-39(15,16)46-27-40/h17-20H,21-26,41H2,1-16H3,(H,42,44)(H,43,45). The number of hydrogen-bond acceptors (Lipinski definition) is 5. The van der Waals surface area contributed by atoms with Gasteiger partial charge in [0.05, 0.1) is 0 Å². The number of nitrogens with zero attached hydrogens (tertiary/aromatic N) is 1. The Hall–Kier alpha value is -2.59. The van der Waals surface area contributed by atoms with Crippen molar-refractivity contribution in [3.63, 3.8) is 0 Å². The van der Waals surface area contributed by atoms with Gasteiger partial charge in [-0.05, 0) is 86.2 Å². The van der Waals surface area contributed by atoms with Crippen molar-refractivity contribution in [2.24, 2.45) is 27.4 Å². The number of nitrogens with two attached hydrogens (primary N) is 1. The van der Waals surface area contributed by atoms with Crippen molar-refractivity contribution in [3.05, 3.63) is 35.4 Å². The molecule has 0 aliphatic rings. The zero-order chi connectivity index (χ0) is 36.2. The molecule has 0 saturated heterocycles. The summed E-state index contributed by atoms with van der Waals surface area (Å²) in [7, 11) is 0. The van der Waals surface area contributed by atoms with E-state index in [-0.39, 0.29) is 39.0 Å². The number of rotatable bonds is 17. The molecule has 0 atom stereocenters. The van der Waals surface area contributed by atoms with E-state index in [1.165, 1.54) is 11.1 Å². The van der Waals surface area contributed by atoms with E-state index >= 15 is 0 Å². The van der Waals surface area contributed by atoms with Crippen LogP contribution in [-0.2, 0) is 25.2 Å². The Balaban J connectivity index is 2.95. The normalized spacial score (nSPS) is 14.0. The van der Waals surface area contributed by atoms with Gasteiger partial charge in [-0.15, -0.1) is 0 Å². The van der Waals surface area contributed by atoms with Crippen LogP contribution in [0.5, 0.6) is 0 Å². The zero-order valence-electron chi connectivity index (χ0n) is 32.3. The molecule has 2 amide bonds. The minimum atomic E-state index is -0.595. The van der Waals surface area contributed by atoms with Crippen molar-refractivity contribution in [1.82, 2.24) is 10.6 Å². The minimum Gasteiger partial charge on any atom is -0.421 e. The number of nitriles is 1. The lowest BCUT2D eigenvalue weighted by Gasteiger charge is -2.38. The fraction of sp³-hybridized carbons (Fsp3) is 0.769. The molecule has 0 fully saturated rings. The summed E-state index contributed by atoms with van der Waals surface area (Å²) in [5.74, 6) is 0.0744. The Morgan fingerprint density at radius 3 is 1.26 bits per heavy atom. The van der Waals surface area contributed by atoms with Gasteiger partial charge in [0.1, 0.15) is 5.60 Å². The van der Waals surface area contributed by atoms with Crippen LogP contribution in [0.4, 0.5) is 0 Å². The van der Waals surface area contributed by atoms with Crippen molar-refractivity contribution in [1.29, 1.82) is 5.26 Å². The van der Waals surface area contributed by atoms with Crippen LogP contribution in [0.1, 0.15) is 148 Å². The van der Waals surface area contributed by atoms with Gasteiger partial charge in [0.15, 0.2) is 0 Å². The smallest absolute Gasteiger partial charge is 0.286 e. The molecule has 0 spiro atoms. The molecular weight excluding hydrogens is 572 g/mol. The van der Waals surface area contributed by atoms with Gasteiger partial charge in [-0.1, -0.05) is 107 Å². The van der Waals surface area contributed by atoms with Gasteiger partial charge in [-0.2, -0.15) is 5.26 Å². The SMILES string of the molecule is CC(C)(N)CC(C)(C)CNC(=O)C(C)(C)CC(C)(C)c1ccc(C(C)(C)CC(C)(C)C(=O)NCC(C)(C)CC(C)(C)OC#N)cc1. The van der Waals surface area contributed by atoms with E-state index in [0.29, 0.717) is 32.4 Å². The first-order valence-electron chi connectivity index (χ1n) is 16.9. The first kappa shape index (κ1) is 41.4. The van der Waals surface area contributed by atoms with Crippen molar-refractivity contribution in [3.8, 4) is 6.26 Å². The molecule has 0 saturated carbocycles. The van der Waals surface area contributed by atoms with Gasteiger partial charge in [0.25, 0.3) is 6.26 Å². The van der Waals surface area contributed by atoms with E-state index < -0.39 is 16.4 Å². The van der Waals surface area contributed by atoms with E-state index in [1.807, 2.05) is 55.4 Å². The van der Waals surface area contributed by atoms with Crippen LogP contribution in [0.25, 0.3) is 0 Å². The quantitative estimate of drug-likeness (QED) is 0.149. The third kappa shape index (κ3) is 13.3. The molecule has 0 unspecified atom stereocenters. The summed E-state index contributed by atoms with van der Waals surface area (Å²) in [6.45, 7) is 34.2. The van der Waals surface area contributed by atoms with E-state index in [9.17, 15) is 9.59 Å². The summed E-state index contributed by atoms with van der Waals surface area (Å²) in [5.41, 5.74) is 5.76. The Bertz CT molecular complexity index is 1220. The van der Waals surface area contributed by atoms with Gasteiger partial charge in [0.2, 0.25) is 11.8 Å². The largest absolute Gasteiger partial charge is 0.421 e. The fourth-order valence-electron chi connectivity index (χ4n) is 7.74. The zero-order valence-corrected chi connectivity index (χ0v) is 32.3. The Morgan fingerprint density at radius 1 is 0.630 bits per heavy atom. The van der Waals surface area contributed by atoms with Crippen molar-refractivity contribution in [2.45, 2.75) is 158 Å². The monoisotopic (exact) mass is 641 g/mol. The van der Waals surface area contributed by atoms with E-state index in [4.69, 9.17) is 15.7 Å². The van der Waals surface area contributed by atoms with Crippen molar-refractivity contribution < 1.29 is 14.3 Å². The fourth-order valence-corrected chi connectivity index (χ4v) is 7.74. The number of nitrogens with one attached hydrogen (secondary N) is 2. The van der Waals surface area contributed by atoms with E-state index in [2.05, 4.69) is 90.3 Å². The average Bonchev–Trinajstić information content (AvgIpc) is 2.82. The van der Waals surface area contributed by atoms with Gasteiger partial charge >= 0.3 is 0 Å². The van der Waals surface area contributed by atoms with Crippen LogP contribution in [-0.4, -0.2) is 36.0 Å². The molecule has 4 N–H and O–H groups in total. The first-order valence-corrected chi connectivity index (χ1v) is 16.9. The molecule has 7 nitrogen and oxygen atoms in total. The molecule has 0 bridgehead atoms. The van der Waals surface area contributed by atoms with Crippen LogP contribution < -0.4 is 16.4 Å². The van der Waals surface area contributed by atoms with Crippen LogP contribution in [0.3, 0.4) is 0 Å². The second-order valence-electron chi connectivity index (χ2n) is 19.5. The molecule has 262 valence electrons. The van der Waals surface area contributed by atoms with Crippen LogP contribution in [0.15, 0.2) is 24.3 Å². The van der Waals surface area contributed by atoms with Gasteiger partial charge in [-0.3, -0.25) is 9.59 Å². The molecule has 46 heavy (non-hydrogen) atoms. The summed E-state index contributed by atoms with van der Waals surface area (Å²) in [4.78, 5) is 26.8. The highest BCUT2D eigenvalue weighted by molar-refractivity contribution is 5.82. The highest BCUT2D eigenvalue weighted by Crippen LogP contribution is 2.41. The molecule has 1 aromatic carbocycles. The van der Waals surface area contributed by atoms with E-state index in [1.54, 1.807) is 6.26 Å². The predicted molar refractivity (Wildman–Crippen MR) is 191 cm³/mol. The molecule has 1 aromatic rings. The molecule has 0 aliphatic heterocycles. The summed E-state index contributed by atoms with van der Waals surface area (Å²) in [6.07, 6.45) is 4.61. The van der Waals surface area contributed by atoms with Crippen LogP contribution >= 0.6 is 0 Å². The molecular formula is C39H68N4O3. The summed E-state index contributed by atoms with van der Waals surface area (Å²) >= 11 is 0. The topological polar surface area (TPSA) is 117 Å². The van der Waals surface area contributed by atoms with Crippen molar-refractivity contribution in [2.75, 3.05) is 13.1 Å². The molecule has 0 aromatic heterocycles. The number of ether oxygens (including phenoxy) is 1. The average molecular weight is 641 g/mol. The Labute approximate surface area is 282 Å². The molecule has 7 heteroatoms. The Morgan fingerprint density at radius 2 is 0.957 bits per heavy atom. The maximum Gasteiger partial charge on any atom is 0.286 e. The number of hydrogen-bond donors (Lipinski definition) is 3. The second-order valence-corrected chi connectivity index (χ2v) is 19.5. The van der Waals surface area contributed by atoms with Crippen LogP contribution in [0.2, 0.25) is 0 Å². The Kier molecular flexibility index (Phi) is 12.8. The van der Waals surface area contributed by atoms with Crippen molar-refractivity contribution >= 4 is 11.8 Å². The lowest BCUT2D eigenvalue weighted by atomic mass is 9.68. The summed E-state index contributed by atoms with van der Waals surface area (Å²) < 4.78 is 5.22. The second kappa shape index (κ2) is 14.3. The first-order chi connectivity index (χ1) is 20.4. The van der Waals surface area contributed by atoms with Crippen LogP contribution in [0, 0.1) is 33.2 Å².